The van der Waals surface area contributed by atoms with E-state index in [-0.39, 0.29) is 0 Å². The monoisotopic (exact) mass is 340 g/mol. The summed E-state index contributed by atoms with van der Waals surface area (Å²) < 4.78 is 0. The highest BCUT2D eigenvalue weighted by molar-refractivity contribution is 5.75. The molecule has 0 fully saturated rings. The Morgan fingerprint density at radius 1 is 0.625 bits per heavy atom. The average Bonchev–Trinajstić information content (AvgIpc) is 2.59. The van der Waals surface area contributed by atoms with Crippen LogP contribution in [0.2, 0.25) is 0 Å². The SMILES string of the molecule is CCCCCCCCCCCCCC(=O)N(CCC)N(CC)CC. The summed E-state index contributed by atoms with van der Waals surface area (Å²) in [5.41, 5.74) is 0. The summed E-state index contributed by atoms with van der Waals surface area (Å²) in [7, 11) is 0. The molecule has 0 unspecified atom stereocenters. The van der Waals surface area contributed by atoms with Gasteiger partial charge in [0.05, 0.1) is 0 Å². The van der Waals surface area contributed by atoms with E-state index in [2.05, 4.69) is 32.7 Å². The first-order valence-electron chi connectivity index (χ1n) is 10.8. The number of rotatable bonds is 17. The number of carbonyl (C=O) groups excluding carboxylic acids is 1. The van der Waals surface area contributed by atoms with Gasteiger partial charge in [-0.25, -0.2) is 5.01 Å². The summed E-state index contributed by atoms with van der Waals surface area (Å²) in [6.07, 6.45) is 16.4. The molecule has 144 valence electrons. The van der Waals surface area contributed by atoms with E-state index in [1.165, 1.54) is 64.2 Å². The molecule has 0 bridgehead atoms. The Labute approximate surface area is 152 Å². The zero-order chi connectivity index (χ0) is 18.0. The highest BCUT2D eigenvalue weighted by Crippen LogP contribution is 2.13. The minimum Gasteiger partial charge on any atom is -0.275 e. The molecule has 0 aliphatic rings. The second-order valence-corrected chi connectivity index (χ2v) is 6.94. The van der Waals surface area contributed by atoms with Crippen molar-refractivity contribution in [1.29, 1.82) is 0 Å². The highest BCUT2D eigenvalue weighted by Gasteiger charge is 2.17. The predicted molar refractivity (Wildman–Crippen MR) is 106 cm³/mol. The molecule has 1 amide bonds. The molecular formula is C21H44N2O. The second-order valence-electron chi connectivity index (χ2n) is 6.94. The molecule has 0 radical (unpaired) electrons. The molecule has 0 saturated heterocycles. The van der Waals surface area contributed by atoms with Gasteiger partial charge in [-0.3, -0.25) is 9.80 Å². The van der Waals surface area contributed by atoms with Crippen LogP contribution in [-0.2, 0) is 4.79 Å². The maximum Gasteiger partial charge on any atom is 0.236 e. The van der Waals surface area contributed by atoms with Gasteiger partial charge in [0.2, 0.25) is 5.91 Å². The number of hydrogen-bond donors (Lipinski definition) is 0. The van der Waals surface area contributed by atoms with Crippen LogP contribution in [0.3, 0.4) is 0 Å². The fourth-order valence-electron chi connectivity index (χ4n) is 3.27. The summed E-state index contributed by atoms with van der Waals surface area (Å²) in [5, 5.41) is 4.15. The van der Waals surface area contributed by atoms with Gasteiger partial charge < -0.3 is 0 Å². The number of carbonyl (C=O) groups is 1. The molecular weight excluding hydrogens is 296 g/mol. The van der Waals surface area contributed by atoms with E-state index in [0.29, 0.717) is 12.3 Å². The zero-order valence-electron chi connectivity index (χ0n) is 17.1. The fourth-order valence-corrected chi connectivity index (χ4v) is 3.27. The highest BCUT2D eigenvalue weighted by atomic mass is 16.2. The molecule has 0 heterocycles. The van der Waals surface area contributed by atoms with Crippen LogP contribution in [0.25, 0.3) is 0 Å². The van der Waals surface area contributed by atoms with Crippen molar-refractivity contribution >= 4 is 5.91 Å². The lowest BCUT2D eigenvalue weighted by Gasteiger charge is -2.33. The first kappa shape index (κ1) is 23.4. The molecule has 24 heavy (non-hydrogen) atoms. The van der Waals surface area contributed by atoms with Crippen molar-refractivity contribution in [3.63, 3.8) is 0 Å². The summed E-state index contributed by atoms with van der Waals surface area (Å²) in [6, 6.07) is 0. The topological polar surface area (TPSA) is 23.6 Å². The van der Waals surface area contributed by atoms with Crippen molar-refractivity contribution in [2.24, 2.45) is 0 Å². The number of amides is 1. The molecule has 3 heteroatoms. The molecule has 0 aromatic heterocycles. The van der Waals surface area contributed by atoms with Crippen LogP contribution < -0.4 is 0 Å². The Bertz CT molecular complexity index is 277. The largest absolute Gasteiger partial charge is 0.275 e. The minimum atomic E-state index is 0.316. The van der Waals surface area contributed by atoms with Crippen LogP contribution in [0.15, 0.2) is 0 Å². The molecule has 0 aromatic carbocycles. The van der Waals surface area contributed by atoms with Gasteiger partial charge in [0.15, 0.2) is 0 Å². The van der Waals surface area contributed by atoms with E-state index in [9.17, 15) is 4.79 Å². The third-order valence-corrected chi connectivity index (χ3v) is 4.79. The van der Waals surface area contributed by atoms with Gasteiger partial charge in [0.25, 0.3) is 0 Å². The van der Waals surface area contributed by atoms with E-state index in [0.717, 1.165) is 32.5 Å². The van der Waals surface area contributed by atoms with Crippen LogP contribution in [0, 0.1) is 0 Å². The van der Waals surface area contributed by atoms with Crippen molar-refractivity contribution in [2.45, 2.75) is 111 Å². The summed E-state index contributed by atoms with van der Waals surface area (Å²) in [4.78, 5) is 12.4. The molecule has 3 nitrogen and oxygen atoms in total. The number of nitrogens with zero attached hydrogens (tertiary/aromatic N) is 2. The Kier molecular flexibility index (Phi) is 16.8. The predicted octanol–water partition coefficient (Wildman–Crippen LogP) is 6.18. The van der Waals surface area contributed by atoms with Crippen LogP contribution in [0.1, 0.15) is 111 Å². The van der Waals surface area contributed by atoms with E-state index in [4.69, 9.17) is 0 Å². The first-order valence-corrected chi connectivity index (χ1v) is 10.8. The van der Waals surface area contributed by atoms with Gasteiger partial charge in [0.1, 0.15) is 0 Å². The summed E-state index contributed by atoms with van der Waals surface area (Å²) in [5.74, 6) is 0.316. The Hall–Kier alpha value is -0.570. The van der Waals surface area contributed by atoms with E-state index in [1.807, 2.05) is 5.01 Å². The van der Waals surface area contributed by atoms with Crippen molar-refractivity contribution in [3.05, 3.63) is 0 Å². The summed E-state index contributed by atoms with van der Waals surface area (Å²) in [6.45, 7) is 11.4. The first-order chi connectivity index (χ1) is 11.7. The molecule has 0 spiro atoms. The lowest BCUT2D eigenvalue weighted by molar-refractivity contribution is -0.148. The number of hydrazine groups is 1. The molecule has 0 rings (SSSR count). The lowest BCUT2D eigenvalue weighted by Crippen LogP contribution is -2.46. The van der Waals surface area contributed by atoms with Gasteiger partial charge in [-0.05, 0) is 12.8 Å². The van der Waals surface area contributed by atoms with Crippen LogP contribution in [0.4, 0.5) is 0 Å². The fraction of sp³-hybridized carbons (Fsp3) is 0.952. The Morgan fingerprint density at radius 2 is 1.08 bits per heavy atom. The van der Waals surface area contributed by atoms with Gasteiger partial charge in [-0.2, -0.15) is 0 Å². The molecule has 0 N–H and O–H groups in total. The summed E-state index contributed by atoms with van der Waals surface area (Å²) >= 11 is 0. The van der Waals surface area contributed by atoms with Gasteiger partial charge >= 0.3 is 0 Å². The third kappa shape index (κ3) is 11.9. The third-order valence-electron chi connectivity index (χ3n) is 4.79. The zero-order valence-corrected chi connectivity index (χ0v) is 17.1. The van der Waals surface area contributed by atoms with E-state index >= 15 is 0 Å². The Morgan fingerprint density at radius 3 is 1.50 bits per heavy atom. The van der Waals surface area contributed by atoms with E-state index in [1.54, 1.807) is 0 Å². The number of unbranched alkanes of at least 4 members (excludes halogenated alkanes) is 10. The van der Waals surface area contributed by atoms with Gasteiger partial charge in [-0.15, -0.1) is 0 Å². The smallest absolute Gasteiger partial charge is 0.236 e. The van der Waals surface area contributed by atoms with Crippen LogP contribution >= 0.6 is 0 Å². The van der Waals surface area contributed by atoms with Crippen molar-refractivity contribution < 1.29 is 4.79 Å². The molecule has 0 aromatic rings. The Balaban J connectivity index is 3.65. The van der Waals surface area contributed by atoms with Gasteiger partial charge in [-0.1, -0.05) is 91.9 Å². The van der Waals surface area contributed by atoms with Gasteiger partial charge in [0, 0.05) is 26.1 Å². The van der Waals surface area contributed by atoms with E-state index < -0.39 is 0 Å². The molecule has 0 aliphatic carbocycles. The van der Waals surface area contributed by atoms with Crippen LogP contribution in [0.5, 0.6) is 0 Å². The van der Waals surface area contributed by atoms with Crippen LogP contribution in [-0.4, -0.2) is 35.6 Å². The van der Waals surface area contributed by atoms with Crippen molar-refractivity contribution in [2.75, 3.05) is 19.6 Å². The standard InChI is InChI=1S/C21H44N2O/c1-5-9-10-11-12-13-14-15-16-17-18-19-21(24)23(20-6-2)22(7-3)8-4/h5-20H2,1-4H3. The van der Waals surface area contributed by atoms with Crippen molar-refractivity contribution in [3.8, 4) is 0 Å². The molecule has 0 saturated carbocycles. The van der Waals surface area contributed by atoms with Crippen molar-refractivity contribution in [1.82, 2.24) is 10.0 Å². The molecule has 0 aliphatic heterocycles. The average molecular weight is 341 g/mol. The number of hydrogen-bond acceptors (Lipinski definition) is 2. The normalized spacial score (nSPS) is 11.2. The lowest BCUT2D eigenvalue weighted by atomic mass is 10.1. The quantitative estimate of drug-likeness (QED) is 0.233. The minimum absolute atomic E-state index is 0.316. The second kappa shape index (κ2) is 17.3. The maximum atomic E-state index is 12.4. The maximum absolute atomic E-state index is 12.4. The molecule has 0 atom stereocenters.